The number of esters is 1. The summed E-state index contributed by atoms with van der Waals surface area (Å²) in [6, 6.07) is 0.00524. The highest BCUT2D eigenvalue weighted by Crippen LogP contribution is 2.30. The van der Waals surface area contributed by atoms with Crippen molar-refractivity contribution in [2.75, 3.05) is 40.8 Å². The van der Waals surface area contributed by atoms with Gasteiger partial charge in [0.2, 0.25) is 0 Å². The van der Waals surface area contributed by atoms with Crippen molar-refractivity contribution in [3.63, 3.8) is 0 Å². The van der Waals surface area contributed by atoms with E-state index in [-0.39, 0.29) is 12.0 Å². The maximum atomic E-state index is 12.1. The number of likely N-dealkylation sites (tertiary alicyclic amines) is 1. The quantitative estimate of drug-likeness (QED) is 0.771. The van der Waals surface area contributed by atoms with Crippen molar-refractivity contribution in [3.05, 3.63) is 0 Å². The minimum absolute atomic E-state index is 0.00524. The van der Waals surface area contributed by atoms with E-state index in [1.807, 2.05) is 0 Å². The average Bonchev–Trinajstić information content (AvgIpc) is 3.28. The fourth-order valence-electron chi connectivity index (χ4n) is 2.67. The van der Waals surface area contributed by atoms with Crippen molar-refractivity contribution in [2.45, 2.75) is 31.2 Å². The molecule has 0 radical (unpaired) electrons. The van der Waals surface area contributed by atoms with Gasteiger partial charge in [-0.2, -0.15) is 0 Å². The lowest BCUT2D eigenvalue weighted by Crippen LogP contribution is -2.60. The smallest absolute Gasteiger partial charge is 0.326 e. The van der Waals surface area contributed by atoms with E-state index >= 15 is 0 Å². The van der Waals surface area contributed by atoms with Crippen LogP contribution in [0.25, 0.3) is 0 Å². The molecule has 2 fully saturated rings. The van der Waals surface area contributed by atoms with Crippen molar-refractivity contribution in [3.8, 4) is 0 Å². The Balaban J connectivity index is 1.96. The zero-order chi connectivity index (χ0) is 14.8. The molecule has 1 saturated heterocycles. The molecule has 2 amide bonds. The van der Waals surface area contributed by atoms with Crippen LogP contribution in [0.15, 0.2) is 0 Å². The first kappa shape index (κ1) is 15.1. The second kappa shape index (κ2) is 5.99. The number of nitrogens with zero attached hydrogens (tertiary/aromatic N) is 2. The van der Waals surface area contributed by atoms with Crippen LogP contribution in [-0.4, -0.2) is 68.2 Å². The third-order valence-corrected chi connectivity index (χ3v) is 4.27. The van der Waals surface area contributed by atoms with Gasteiger partial charge in [0.1, 0.15) is 5.54 Å². The predicted octanol–water partition coefficient (Wildman–Crippen LogP) is 0.675. The lowest BCUT2D eigenvalue weighted by atomic mass is 9.87. The highest BCUT2D eigenvalue weighted by Gasteiger charge is 2.44. The van der Waals surface area contributed by atoms with E-state index < -0.39 is 5.54 Å². The summed E-state index contributed by atoms with van der Waals surface area (Å²) in [6.45, 7) is 2.05. The van der Waals surface area contributed by atoms with Gasteiger partial charge in [0, 0.05) is 27.2 Å². The molecule has 1 aliphatic heterocycles. The zero-order valence-electron chi connectivity index (χ0n) is 12.6. The number of amides is 2. The van der Waals surface area contributed by atoms with Crippen LogP contribution in [0, 0.1) is 5.92 Å². The third kappa shape index (κ3) is 3.23. The molecule has 6 heteroatoms. The molecule has 2 aliphatic rings. The van der Waals surface area contributed by atoms with E-state index in [4.69, 9.17) is 4.74 Å². The molecule has 1 heterocycles. The van der Waals surface area contributed by atoms with Crippen LogP contribution in [-0.2, 0) is 9.53 Å². The van der Waals surface area contributed by atoms with Gasteiger partial charge in [-0.25, -0.2) is 4.79 Å². The van der Waals surface area contributed by atoms with Crippen molar-refractivity contribution in [1.82, 2.24) is 15.1 Å². The lowest BCUT2D eigenvalue weighted by Gasteiger charge is -2.41. The second-order valence-corrected chi connectivity index (χ2v) is 6.06. The fourth-order valence-corrected chi connectivity index (χ4v) is 2.67. The first-order valence-electron chi connectivity index (χ1n) is 7.28. The van der Waals surface area contributed by atoms with Crippen LogP contribution in [0.2, 0.25) is 0 Å². The molecular weight excluding hydrogens is 258 g/mol. The van der Waals surface area contributed by atoms with Gasteiger partial charge in [0.25, 0.3) is 0 Å². The summed E-state index contributed by atoms with van der Waals surface area (Å²) >= 11 is 0. The molecular formula is C14H25N3O3. The van der Waals surface area contributed by atoms with Crippen molar-refractivity contribution in [1.29, 1.82) is 0 Å². The number of ether oxygens (including phenoxy) is 1. The molecule has 0 aromatic rings. The van der Waals surface area contributed by atoms with Gasteiger partial charge in [-0.3, -0.25) is 4.79 Å². The average molecular weight is 283 g/mol. The Labute approximate surface area is 120 Å². The van der Waals surface area contributed by atoms with Gasteiger partial charge in [0.05, 0.1) is 7.11 Å². The summed E-state index contributed by atoms with van der Waals surface area (Å²) in [5.74, 6) is 0.507. The summed E-state index contributed by atoms with van der Waals surface area (Å²) in [5.41, 5.74) is -0.611. The van der Waals surface area contributed by atoms with E-state index in [1.54, 1.807) is 23.9 Å². The number of methoxy groups -OCH3 is 1. The van der Waals surface area contributed by atoms with Gasteiger partial charge >= 0.3 is 12.0 Å². The van der Waals surface area contributed by atoms with Crippen molar-refractivity contribution < 1.29 is 14.3 Å². The molecule has 0 bridgehead atoms. The molecule has 20 heavy (non-hydrogen) atoms. The number of carbonyl (C=O) groups excluding carboxylic acids is 2. The Bertz CT molecular complexity index is 372. The van der Waals surface area contributed by atoms with Crippen molar-refractivity contribution >= 4 is 12.0 Å². The summed E-state index contributed by atoms with van der Waals surface area (Å²) in [5, 5.41) is 3.41. The normalized spacial score (nSPS) is 21.4. The van der Waals surface area contributed by atoms with Crippen LogP contribution in [0.3, 0.4) is 0 Å². The van der Waals surface area contributed by atoms with Crippen molar-refractivity contribution in [2.24, 2.45) is 5.92 Å². The predicted molar refractivity (Wildman–Crippen MR) is 75.4 cm³/mol. The van der Waals surface area contributed by atoms with E-state index in [1.165, 1.54) is 20.0 Å². The van der Waals surface area contributed by atoms with Gasteiger partial charge in [-0.15, -0.1) is 0 Å². The summed E-state index contributed by atoms with van der Waals surface area (Å²) < 4.78 is 4.97. The maximum absolute atomic E-state index is 12.1. The minimum Gasteiger partial charge on any atom is -0.468 e. The number of hydrogen-bond acceptors (Lipinski definition) is 4. The van der Waals surface area contributed by atoms with Crippen LogP contribution < -0.4 is 5.32 Å². The Morgan fingerprint density at radius 3 is 2.35 bits per heavy atom. The molecule has 1 saturated carbocycles. The number of hydrogen-bond donors (Lipinski definition) is 1. The van der Waals surface area contributed by atoms with Gasteiger partial charge in [-0.1, -0.05) is 0 Å². The first-order valence-corrected chi connectivity index (χ1v) is 7.28. The molecule has 0 aromatic carbocycles. The summed E-state index contributed by atoms with van der Waals surface area (Å²) in [7, 11) is 4.92. The lowest BCUT2D eigenvalue weighted by molar-refractivity contribution is -0.150. The molecule has 1 N–H and O–H groups in total. The minimum atomic E-state index is -0.611. The Morgan fingerprint density at radius 2 is 1.90 bits per heavy atom. The standard InChI is InChI=1S/C14H25N3O3/c1-16(2)13(19)17-8-6-14(7-9-17,12(18)20-3)15-10-11-4-5-11/h11,15H,4-10H2,1-3H3. The molecule has 1 aliphatic carbocycles. The van der Waals surface area contributed by atoms with Gasteiger partial charge < -0.3 is 19.9 Å². The van der Waals surface area contributed by atoms with Gasteiger partial charge in [-0.05, 0) is 38.1 Å². The number of rotatable bonds is 4. The van der Waals surface area contributed by atoms with Gasteiger partial charge in [0.15, 0.2) is 0 Å². The SMILES string of the molecule is COC(=O)C1(NCC2CC2)CCN(C(=O)N(C)C)CC1. The van der Waals surface area contributed by atoms with E-state index in [0.717, 1.165) is 6.54 Å². The molecule has 6 nitrogen and oxygen atoms in total. The Kier molecular flexibility index (Phi) is 4.52. The van der Waals surface area contributed by atoms with E-state index in [9.17, 15) is 9.59 Å². The number of nitrogens with one attached hydrogen (secondary N) is 1. The number of piperidine rings is 1. The molecule has 0 atom stereocenters. The first-order chi connectivity index (χ1) is 9.48. The summed E-state index contributed by atoms with van der Waals surface area (Å²) in [4.78, 5) is 27.4. The molecule has 2 rings (SSSR count). The number of urea groups is 1. The number of carbonyl (C=O) groups is 2. The van der Waals surface area contributed by atoms with Crippen LogP contribution in [0.5, 0.6) is 0 Å². The monoisotopic (exact) mass is 283 g/mol. The maximum Gasteiger partial charge on any atom is 0.326 e. The largest absolute Gasteiger partial charge is 0.468 e. The van der Waals surface area contributed by atoms with Crippen LogP contribution in [0.4, 0.5) is 4.79 Å². The van der Waals surface area contributed by atoms with E-state index in [2.05, 4.69) is 5.32 Å². The highest BCUT2D eigenvalue weighted by molar-refractivity contribution is 5.82. The van der Waals surface area contributed by atoms with E-state index in [0.29, 0.717) is 31.8 Å². The third-order valence-electron chi connectivity index (χ3n) is 4.27. The van der Waals surface area contributed by atoms with Crippen LogP contribution >= 0.6 is 0 Å². The molecule has 0 aromatic heterocycles. The topological polar surface area (TPSA) is 61.9 Å². The molecule has 0 spiro atoms. The Hall–Kier alpha value is -1.30. The second-order valence-electron chi connectivity index (χ2n) is 6.06. The fraction of sp³-hybridized carbons (Fsp3) is 0.857. The molecule has 0 unspecified atom stereocenters. The summed E-state index contributed by atoms with van der Waals surface area (Å²) in [6.07, 6.45) is 3.73. The van der Waals surface area contributed by atoms with Crippen LogP contribution in [0.1, 0.15) is 25.7 Å². The Morgan fingerprint density at radius 1 is 1.30 bits per heavy atom. The zero-order valence-corrected chi connectivity index (χ0v) is 12.6. The highest BCUT2D eigenvalue weighted by atomic mass is 16.5. The molecule has 114 valence electrons.